The smallest absolute Gasteiger partial charge is 0.230 e. The van der Waals surface area contributed by atoms with Gasteiger partial charge in [0.2, 0.25) is 10.8 Å². The van der Waals surface area contributed by atoms with Crippen molar-refractivity contribution in [3.05, 3.63) is 41.0 Å². The van der Waals surface area contributed by atoms with Gasteiger partial charge in [0, 0.05) is 6.54 Å². The van der Waals surface area contributed by atoms with Gasteiger partial charge in [0.05, 0.1) is 24.6 Å². The maximum Gasteiger partial charge on any atom is 0.230 e. The first kappa shape index (κ1) is 16.7. The predicted octanol–water partition coefficient (Wildman–Crippen LogP) is 1.91. The molecule has 3 aromatic rings. The molecule has 0 aliphatic carbocycles. The lowest BCUT2D eigenvalue weighted by atomic mass is 10.0. The lowest BCUT2D eigenvalue weighted by Crippen LogP contribution is -2.31. The summed E-state index contributed by atoms with van der Waals surface area (Å²) in [5.74, 6) is 0.860. The summed E-state index contributed by atoms with van der Waals surface area (Å²) in [6, 6.07) is 7.53. The number of aliphatic hydroxyl groups is 1. The second-order valence-corrected chi connectivity index (χ2v) is 6.28. The van der Waals surface area contributed by atoms with Gasteiger partial charge in [-0.05, 0) is 24.2 Å². The number of nitrogens with zero attached hydrogens (tertiary/aromatic N) is 4. The normalized spacial score (nSPS) is 12.8. The minimum absolute atomic E-state index is 0.0437. The molecule has 7 nitrogen and oxygen atoms in total. The number of hydrogen-bond acceptors (Lipinski definition) is 7. The average molecular weight is 348 g/mol. The predicted molar refractivity (Wildman–Crippen MR) is 91.7 cm³/mol. The third-order valence-corrected chi connectivity index (χ3v) is 5.06. The van der Waals surface area contributed by atoms with Gasteiger partial charge in [0.15, 0.2) is 0 Å². The number of benzene rings is 1. The van der Waals surface area contributed by atoms with Gasteiger partial charge in [-0.1, -0.05) is 30.4 Å². The van der Waals surface area contributed by atoms with E-state index in [1.54, 1.807) is 7.11 Å². The molecule has 0 amide bonds. The van der Waals surface area contributed by atoms with Crippen molar-refractivity contribution < 1.29 is 14.9 Å². The molecule has 1 aromatic carbocycles. The van der Waals surface area contributed by atoms with Crippen molar-refractivity contribution in [2.75, 3.05) is 26.8 Å². The van der Waals surface area contributed by atoms with Crippen LogP contribution in [0.4, 0.5) is 0 Å². The van der Waals surface area contributed by atoms with Crippen LogP contribution in [0.25, 0.3) is 4.96 Å². The van der Waals surface area contributed by atoms with E-state index in [4.69, 9.17) is 4.74 Å². The molecule has 128 valence electrons. The molecular weight excluding hydrogens is 328 g/mol. The molecule has 0 fully saturated rings. The van der Waals surface area contributed by atoms with Crippen molar-refractivity contribution in [2.45, 2.75) is 13.0 Å². The van der Waals surface area contributed by atoms with E-state index in [0.717, 1.165) is 22.7 Å². The maximum atomic E-state index is 10.6. The zero-order chi connectivity index (χ0) is 17.1. The van der Waals surface area contributed by atoms with Crippen LogP contribution in [0.15, 0.2) is 30.6 Å². The van der Waals surface area contributed by atoms with E-state index < -0.39 is 0 Å². The van der Waals surface area contributed by atoms with Crippen molar-refractivity contribution >= 4 is 16.3 Å². The lowest BCUT2D eigenvalue weighted by molar-refractivity contribution is 0.174. The molecule has 3 rings (SSSR count). The van der Waals surface area contributed by atoms with Gasteiger partial charge in [0.25, 0.3) is 0 Å². The zero-order valence-electron chi connectivity index (χ0n) is 13.6. The van der Waals surface area contributed by atoms with Crippen LogP contribution in [-0.4, -0.2) is 56.5 Å². The monoisotopic (exact) mass is 348 g/mol. The van der Waals surface area contributed by atoms with Gasteiger partial charge in [-0.15, -0.1) is 0 Å². The van der Waals surface area contributed by atoms with Gasteiger partial charge in [-0.2, -0.15) is 9.61 Å². The Morgan fingerprint density at radius 1 is 1.33 bits per heavy atom. The van der Waals surface area contributed by atoms with Gasteiger partial charge in [-0.25, -0.2) is 4.98 Å². The van der Waals surface area contributed by atoms with Gasteiger partial charge >= 0.3 is 0 Å². The molecule has 0 bridgehead atoms. The Balaban J connectivity index is 2.09. The third kappa shape index (κ3) is 2.95. The molecule has 2 N–H and O–H groups in total. The highest BCUT2D eigenvalue weighted by Crippen LogP contribution is 2.39. The van der Waals surface area contributed by atoms with E-state index in [0.29, 0.717) is 11.5 Å². The molecule has 0 aliphatic rings. The molecule has 1 unspecified atom stereocenters. The highest BCUT2D eigenvalue weighted by atomic mass is 32.1. The van der Waals surface area contributed by atoms with Crippen LogP contribution in [0.5, 0.6) is 11.6 Å². The number of thiazole rings is 1. The summed E-state index contributed by atoms with van der Waals surface area (Å²) in [6.45, 7) is 3.30. The van der Waals surface area contributed by atoms with Crippen molar-refractivity contribution in [1.82, 2.24) is 19.5 Å². The topological polar surface area (TPSA) is 83.1 Å². The Bertz CT molecular complexity index is 799. The zero-order valence-corrected chi connectivity index (χ0v) is 14.4. The van der Waals surface area contributed by atoms with Crippen LogP contribution >= 0.6 is 11.3 Å². The Kier molecular flexibility index (Phi) is 4.98. The first-order chi connectivity index (χ1) is 11.7. The number of aromatic hydroxyl groups is 1. The number of aromatic nitrogens is 3. The van der Waals surface area contributed by atoms with Gasteiger partial charge in [-0.3, -0.25) is 4.90 Å². The summed E-state index contributed by atoms with van der Waals surface area (Å²) in [6.07, 6.45) is 1.42. The van der Waals surface area contributed by atoms with E-state index in [-0.39, 0.29) is 18.5 Å². The van der Waals surface area contributed by atoms with Gasteiger partial charge in [0.1, 0.15) is 12.1 Å². The quantitative estimate of drug-likeness (QED) is 0.679. The fourth-order valence-electron chi connectivity index (χ4n) is 2.78. The maximum absolute atomic E-state index is 10.6. The molecule has 0 aliphatic heterocycles. The highest BCUT2D eigenvalue weighted by molar-refractivity contribution is 7.17. The standard InChI is InChI=1S/C16H20N4O3S/c1-3-19(8-9-21)13(11-4-6-12(23-2)7-5-11)14-15(22)20-16(24-14)17-10-18-20/h4-7,10,13,21-22H,3,8-9H2,1-2H3. The van der Waals surface area contributed by atoms with Crippen LogP contribution in [0.3, 0.4) is 0 Å². The summed E-state index contributed by atoms with van der Waals surface area (Å²) < 4.78 is 6.66. The second-order valence-electron chi connectivity index (χ2n) is 5.27. The number of ether oxygens (including phenoxy) is 1. The van der Waals surface area contributed by atoms with E-state index >= 15 is 0 Å². The van der Waals surface area contributed by atoms with E-state index in [9.17, 15) is 10.2 Å². The summed E-state index contributed by atoms with van der Waals surface area (Å²) >= 11 is 1.40. The number of hydrogen-bond donors (Lipinski definition) is 2. The summed E-state index contributed by atoms with van der Waals surface area (Å²) in [5, 5.41) is 24.0. The Morgan fingerprint density at radius 2 is 2.08 bits per heavy atom. The first-order valence-electron chi connectivity index (χ1n) is 7.69. The largest absolute Gasteiger partial charge is 0.497 e. The summed E-state index contributed by atoms with van der Waals surface area (Å²) in [5.41, 5.74) is 1.01. The highest BCUT2D eigenvalue weighted by Gasteiger charge is 2.28. The van der Waals surface area contributed by atoms with Crippen LogP contribution in [0, 0.1) is 0 Å². The first-order valence-corrected chi connectivity index (χ1v) is 8.51. The molecule has 1 atom stereocenters. The molecule has 0 spiro atoms. The molecule has 24 heavy (non-hydrogen) atoms. The van der Waals surface area contributed by atoms with Crippen LogP contribution in [0.1, 0.15) is 23.4 Å². The number of fused-ring (bicyclic) bond motifs is 1. The average Bonchev–Trinajstić information content (AvgIpc) is 3.19. The van der Waals surface area contributed by atoms with E-state index in [1.807, 2.05) is 31.2 Å². The van der Waals surface area contributed by atoms with Crippen LogP contribution in [-0.2, 0) is 0 Å². The van der Waals surface area contributed by atoms with E-state index in [1.165, 1.54) is 22.2 Å². The molecule has 0 saturated heterocycles. The van der Waals surface area contributed by atoms with Crippen molar-refractivity contribution in [3.8, 4) is 11.6 Å². The van der Waals surface area contributed by atoms with E-state index in [2.05, 4.69) is 15.0 Å². The minimum Gasteiger partial charge on any atom is -0.497 e. The summed E-state index contributed by atoms with van der Waals surface area (Å²) in [7, 11) is 1.63. The molecule has 2 heterocycles. The third-order valence-electron chi connectivity index (χ3n) is 3.98. The fraction of sp³-hybridized carbons (Fsp3) is 0.375. The Morgan fingerprint density at radius 3 is 2.67 bits per heavy atom. The van der Waals surface area contributed by atoms with Crippen molar-refractivity contribution in [3.63, 3.8) is 0 Å². The Hall–Kier alpha value is -2.16. The van der Waals surface area contributed by atoms with Gasteiger partial charge < -0.3 is 14.9 Å². The molecule has 0 radical (unpaired) electrons. The van der Waals surface area contributed by atoms with Crippen LogP contribution in [0.2, 0.25) is 0 Å². The Labute approximate surface area is 143 Å². The SMILES string of the molecule is CCN(CCO)C(c1ccc(OC)cc1)c1sc2ncnn2c1O. The molecule has 0 saturated carbocycles. The minimum atomic E-state index is -0.193. The lowest BCUT2D eigenvalue weighted by Gasteiger charge is -2.29. The number of likely N-dealkylation sites (N-methyl/N-ethyl adjacent to an activating group) is 1. The number of methoxy groups -OCH3 is 1. The van der Waals surface area contributed by atoms with Crippen molar-refractivity contribution in [1.29, 1.82) is 0 Å². The molecule has 2 aromatic heterocycles. The summed E-state index contributed by atoms with van der Waals surface area (Å²) in [4.78, 5) is 7.66. The molecular formula is C16H20N4O3S. The molecule has 8 heteroatoms. The fourth-order valence-corrected chi connectivity index (χ4v) is 3.88. The van der Waals surface area contributed by atoms with Crippen molar-refractivity contribution in [2.24, 2.45) is 0 Å². The number of aliphatic hydroxyl groups excluding tert-OH is 1. The van der Waals surface area contributed by atoms with Crippen LogP contribution < -0.4 is 4.74 Å². The second kappa shape index (κ2) is 7.16. The number of rotatable bonds is 7.